The molecule has 0 saturated carbocycles. The van der Waals surface area contributed by atoms with Crippen molar-refractivity contribution in [2.75, 3.05) is 0 Å². The zero-order chi connectivity index (χ0) is 11.1. The van der Waals surface area contributed by atoms with Crippen LogP contribution in [-0.2, 0) is 4.79 Å². The molecule has 1 aliphatic heterocycles. The largest absolute Gasteiger partial charge is 0.373 e. The molecular formula is C12H14FNO. The Hall–Kier alpha value is -1.38. The minimum atomic E-state index is -0.296. The Balaban J connectivity index is 2.32. The predicted molar refractivity (Wildman–Crippen MR) is 56.8 cm³/mol. The summed E-state index contributed by atoms with van der Waals surface area (Å²) in [7, 11) is 0. The van der Waals surface area contributed by atoms with Gasteiger partial charge in [-0.3, -0.25) is 4.79 Å². The van der Waals surface area contributed by atoms with Gasteiger partial charge in [0.15, 0.2) is 5.78 Å². The van der Waals surface area contributed by atoms with E-state index in [1.807, 2.05) is 13.8 Å². The fraction of sp³-hybridized carbons (Fsp3) is 0.417. The molecule has 2 nitrogen and oxygen atoms in total. The third-order valence-corrected chi connectivity index (χ3v) is 2.97. The predicted octanol–water partition coefficient (Wildman–Crippen LogP) is 2.39. The monoisotopic (exact) mass is 207 g/mol. The summed E-state index contributed by atoms with van der Waals surface area (Å²) in [6, 6.07) is 0. The molecule has 2 rings (SSSR count). The van der Waals surface area contributed by atoms with Crippen LogP contribution in [0, 0.1) is 0 Å². The van der Waals surface area contributed by atoms with Gasteiger partial charge in [-0.05, 0) is 37.1 Å². The third kappa shape index (κ3) is 1.62. The maximum Gasteiger partial charge on any atom is 0.178 e. The molecule has 1 heterocycles. The van der Waals surface area contributed by atoms with Crippen LogP contribution in [0.5, 0.6) is 0 Å². The van der Waals surface area contributed by atoms with Crippen LogP contribution in [0.25, 0.3) is 0 Å². The van der Waals surface area contributed by atoms with Crippen molar-refractivity contribution in [3.8, 4) is 0 Å². The topological polar surface area (TPSA) is 29.1 Å². The summed E-state index contributed by atoms with van der Waals surface area (Å²) < 4.78 is 13.0. The molecule has 80 valence electrons. The molecule has 0 aromatic rings. The van der Waals surface area contributed by atoms with Crippen LogP contribution in [0.1, 0.15) is 26.7 Å². The molecule has 3 heteroatoms. The molecule has 0 bridgehead atoms. The summed E-state index contributed by atoms with van der Waals surface area (Å²) in [5.74, 6) is -0.141. The van der Waals surface area contributed by atoms with Crippen LogP contribution in [0.2, 0.25) is 0 Å². The lowest BCUT2D eigenvalue weighted by Gasteiger charge is -2.29. The number of ketones is 1. The van der Waals surface area contributed by atoms with E-state index < -0.39 is 0 Å². The molecule has 0 radical (unpaired) electrons. The molecule has 15 heavy (non-hydrogen) atoms. The van der Waals surface area contributed by atoms with Gasteiger partial charge in [-0.1, -0.05) is 6.92 Å². The fourth-order valence-corrected chi connectivity index (χ4v) is 1.94. The molecule has 1 atom stereocenters. The second-order valence-electron chi connectivity index (χ2n) is 4.18. The van der Waals surface area contributed by atoms with Crippen molar-refractivity contribution >= 4 is 5.78 Å². The minimum Gasteiger partial charge on any atom is -0.373 e. The highest BCUT2D eigenvalue weighted by molar-refractivity contribution is 5.96. The molecule has 1 unspecified atom stereocenters. The fourth-order valence-electron chi connectivity index (χ4n) is 1.94. The average Bonchev–Trinajstić information content (AvgIpc) is 2.54. The van der Waals surface area contributed by atoms with E-state index in [9.17, 15) is 9.18 Å². The average molecular weight is 207 g/mol. The van der Waals surface area contributed by atoms with Gasteiger partial charge in [-0.15, -0.1) is 0 Å². The number of hydrogen-bond donors (Lipinski definition) is 1. The van der Waals surface area contributed by atoms with E-state index in [-0.39, 0.29) is 17.1 Å². The van der Waals surface area contributed by atoms with Crippen molar-refractivity contribution in [3.05, 3.63) is 35.3 Å². The second-order valence-corrected chi connectivity index (χ2v) is 4.18. The number of nitrogens with one attached hydrogen (secondary N) is 1. The Morgan fingerprint density at radius 2 is 2.33 bits per heavy atom. The molecule has 0 amide bonds. The third-order valence-electron chi connectivity index (χ3n) is 2.97. The van der Waals surface area contributed by atoms with Gasteiger partial charge in [0.2, 0.25) is 0 Å². The number of allylic oxidation sites excluding steroid dienone is 3. The van der Waals surface area contributed by atoms with Crippen molar-refractivity contribution in [2.45, 2.75) is 32.2 Å². The summed E-state index contributed by atoms with van der Waals surface area (Å²) in [6.07, 6.45) is 5.86. The molecule has 0 aromatic heterocycles. The lowest BCUT2D eigenvalue weighted by molar-refractivity contribution is -0.115. The standard InChI is InChI=1S/C12H14FNO/c1-3-11(15)10-7-8-6-9(13)4-5-12(8,2)14-10/h4,6-7,14H,3,5H2,1-2H3. The first-order valence-corrected chi connectivity index (χ1v) is 5.16. The van der Waals surface area contributed by atoms with Gasteiger partial charge in [0.1, 0.15) is 5.83 Å². The highest BCUT2D eigenvalue weighted by atomic mass is 19.1. The van der Waals surface area contributed by atoms with E-state index in [1.165, 1.54) is 6.08 Å². The first kappa shape index (κ1) is 10.1. The van der Waals surface area contributed by atoms with Gasteiger partial charge < -0.3 is 5.32 Å². The van der Waals surface area contributed by atoms with E-state index >= 15 is 0 Å². The summed E-state index contributed by atoms with van der Waals surface area (Å²) in [4.78, 5) is 11.5. The van der Waals surface area contributed by atoms with Crippen LogP contribution in [0.15, 0.2) is 35.3 Å². The molecule has 1 aliphatic carbocycles. The van der Waals surface area contributed by atoms with Gasteiger partial charge in [0.25, 0.3) is 0 Å². The summed E-state index contributed by atoms with van der Waals surface area (Å²) in [5.41, 5.74) is 1.17. The number of carbonyl (C=O) groups excluding carboxylic acids is 1. The highest BCUT2D eigenvalue weighted by Gasteiger charge is 2.36. The Morgan fingerprint density at radius 1 is 1.60 bits per heavy atom. The van der Waals surface area contributed by atoms with E-state index in [2.05, 4.69) is 5.32 Å². The zero-order valence-electron chi connectivity index (χ0n) is 8.93. The Labute approximate surface area is 88.6 Å². The van der Waals surface area contributed by atoms with Crippen LogP contribution in [0.4, 0.5) is 4.39 Å². The van der Waals surface area contributed by atoms with Gasteiger partial charge in [-0.2, -0.15) is 0 Å². The smallest absolute Gasteiger partial charge is 0.178 e. The van der Waals surface area contributed by atoms with Gasteiger partial charge in [0, 0.05) is 6.42 Å². The molecular weight excluding hydrogens is 193 g/mol. The summed E-state index contributed by atoms with van der Waals surface area (Å²) >= 11 is 0. The molecule has 0 aromatic carbocycles. The number of hydrogen-bond acceptors (Lipinski definition) is 2. The SMILES string of the molecule is CCC(=O)C1=CC2=CC(F)=CCC2(C)N1. The van der Waals surface area contributed by atoms with Crippen molar-refractivity contribution in [1.82, 2.24) is 5.32 Å². The summed E-state index contributed by atoms with van der Waals surface area (Å²) in [6.45, 7) is 3.80. The summed E-state index contributed by atoms with van der Waals surface area (Å²) in [5, 5.41) is 3.17. The minimum absolute atomic E-state index is 0.0759. The molecule has 0 spiro atoms. The van der Waals surface area contributed by atoms with Crippen molar-refractivity contribution in [3.63, 3.8) is 0 Å². The normalized spacial score (nSPS) is 28.6. The lowest BCUT2D eigenvalue weighted by atomic mass is 9.87. The molecule has 0 fully saturated rings. The second kappa shape index (κ2) is 3.33. The maximum absolute atomic E-state index is 13.0. The molecule has 0 saturated heterocycles. The van der Waals surface area contributed by atoms with E-state index in [0.29, 0.717) is 18.5 Å². The first-order valence-electron chi connectivity index (χ1n) is 5.16. The number of carbonyl (C=O) groups is 1. The maximum atomic E-state index is 13.0. The number of fused-ring (bicyclic) bond motifs is 1. The van der Waals surface area contributed by atoms with Gasteiger partial charge in [-0.25, -0.2) is 4.39 Å². The van der Waals surface area contributed by atoms with E-state index in [0.717, 1.165) is 5.57 Å². The van der Waals surface area contributed by atoms with E-state index in [4.69, 9.17) is 0 Å². The number of rotatable bonds is 2. The van der Waals surface area contributed by atoms with Gasteiger partial charge >= 0.3 is 0 Å². The van der Waals surface area contributed by atoms with Crippen molar-refractivity contribution < 1.29 is 9.18 Å². The Kier molecular flexibility index (Phi) is 2.25. The quantitative estimate of drug-likeness (QED) is 0.753. The Bertz CT molecular complexity index is 406. The van der Waals surface area contributed by atoms with Crippen molar-refractivity contribution in [1.29, 1.82) is 0 Å². The zero-order valence-corrected chi connectivity index (χ0v) is 8.93. The highest BCUT2D eigenvalue weighted by Crippen LogP contribution is 2.35. The van der Waals surface area contributed by atoms with Crippen molar-refractivity contribution in [2.24, 2.45) is 0 Å². The van der Waals surface area contributed by atoms with Crippen LogP contribution in [-0.4, -0.2) is 11.3 Å². The van der Waals surface area contributed by atoms with Crippen LogP contribution in [0.3, 0.4) is 0 Å². The number of Topliss-reactive ketones (excluding diaryl/α,β-unsaturated/α-hetero) is 1. The lowest BCUT2D eigenvalue weighted by Crippen LogP contribution is -2.40. The van der Waals surface area contributed by atoms with Gasteiger partial charge in [0.05, 0.1) is 11.2 Å². The van der Waals surface area contributed by atoms with Crippen LogP contribution < -0.4 is 5.32 Å². The molecule has 1 N–H and O–H groups in total. The van der Waals surface area contributed by atoms with Crippen LogP contribution >= 0.6 is 0 Å². The Morgan fingerprint density at radius 3 is 3.00 bits per heavy atom. The first-order chi connectivity index (χ1) is 7.05. The molecule has 2 aliphatic rings. The van der Waals surface area contributed by atoms with E-state index in [1.54, 1.807) is 12.2 Å². The number of halogens is 1.